The van der Waals surface area contributed by atoms with E-state index < -0.39 is 11.2 Å². The first kappa shape index (κ1) is 11.9. The van der Waals surface area contributed by atoms with Gasteiger partial charge in [0.05, 0.1) is 0 Å². The Morgan fingerprint density at radius 3 is 2.69 bits per heavy atom. The van der Waals surface area contributed by atoms with Crippen LogP contribution in [0.3, 0.4) is 0 Å². The molecule has 16 heavy (non-hydrogen) atoms. The molecular weight excluding hydrogens is 237 g/mol. The molecule has 0 spiro atoms. The summed E-state index contributed by atoms with van der Waals surface area (Å²) >= 11 is 0.722. The van der Waals surface area contributed by atoms with E-state index >= 15 is 0 Å². The highest BCUT2D eigenvalue weighted by Gasteiger charge is 2.34. The van der Waals surface area contributed by atoms with E-state index in [0.717, 1.165) is 30.6 Å². The zero-order valence-corrected chi connectivity index (χ0v) is 9.44. The first-order valence-corrected chi connectivity index (χ1v) is 6.06. The standard InChI is InChI=1S/C10H13F3N2S/c11-10(12,13)9-15-5-7(16-9)3-4-8(14)6-1-2-6/h5-6,8H,1-4,14H2. The molecule has 0 bridgehead atoms. The highest BCUT2D eigenvalue weighted by atomic mass is 32.1. The summed E-state index contributed by atoms with van der Waals surface area (Å²) < 4.78 is 36.8. The van der Waals surface area contributed by atoms with Crippen LogP contribution in [0.1, 0.15) is 29.1 Å². The minimum atomic E-state index is -4.32. The Balaban J connectivity index is 1.87. The van der Waals surface area contributed by atoms with E-state index in [1.807, 2.05) is 0 Å². The van der Waals surface area contributed by atoms with E-state index in [2.05, 4.69) is 4.98 Å². The number of halogens is 3. The molecule has 2 rings (SSSR count). The van der Waals surface area contributed by atoms with Crippen molar-refractivity contribution >= 4 is 11.3 Å². The van der Waals surface area contributed by atoms with E-state index in [0.29, 0.717) is 17.2 Å². The number of thiazole rings is 1. The molecule has 0 aromatic carbocycles. The van der Waals surface area contributed by atoms with Crippen LogP contribution in [-0.2, 0) is 12.6 Å². The van der Waals surface area contributed by atoms with Gasteiger partial charge in [0.2, 0.25) is 0 Å². The minimum absolute atomic E-state index is 0.136. The summed E-state index contributed by atoms with van der Waals surface area (Å²) in [7, 11) is 0. The SMILES string of the molecule is NC(CCc1cnc(C(F)(F)F)s1)C1CC1. The molecule has 90 valence electrons. The number of hydrogen-bond donors (Lipinski definition) is 1. The van der Waals surface area contributed by atoms with Crippen molar-refractivity contribution in [3.63, 3.8) is 0 Å². The first-order valence-electron chi connectivity index (χ1n) is 5.24. The highest BCUT2D eigenvalue weighted by Crippen LogP contribution is 2.35. The number of alkyl halides is 3. The largest absolute Gasteiger partial charge is 0.443 e. The van der Waals surface area contributed by atoms with Gasteiger partial charge in [0.15, 0.2) is 5.01 Å². The van der Waals surface area contributed by atoms with E-state index in [9.17, 15) is 13.2 Å². The van der Waals surface area contributed by atoms with Crippen molar-refractivity contribution < 1.29 is 13.2 Å². The lowest BCUT2D eigenvalue weighted by Crippen LogP contribution is -2.22. The number of rotatable bonds is 4. The number of hydrogen-bond acceptors (Lipinski definition) is 3. The van der Waals surface area contributed by atoms with Crippen molar-refractivity contribution in [2.75, 3.05) is 0 Å². The Hall–Kier alpha value is -0.620. The second-order valence-corrected chi connectivity index (χ2v) is 5.28. The molecule has 0 amide bonds. The van der Waals surface area contributed by atoms with Gasteiger partial charge < -0.3 is 5.73 Å². The van der Waals surface area contributed by atoms with Crippen molar-refractivity contribution in [3.8, 4) is 0 Å². The molecular formula is C10H13F3N2S. The maximum Gasteiger partial charge on any atom is 0.443 e. The molecule has 6 heteroatoms. The van der Waals surface area contributed by atoms with Crippen LogP contribution in [0.15, 0.2) is 6.20 Å². The molecule has 1 heterocycles. The third kappa shape index (κ3) is 2.95. The van der Waals surface area contributed by atoms with Gasteiger partial charge in [0.25, 0.3) is 0 Å². The van der Waals surface area contributed by atoms with Crippen molar-refractivity contribution in [1.29, 1.82) is 0 Å². The van der Waals surface area contributed by atoms with Crippen LogP contribution in [-0.4, -0.2) is 11.0 Å². The van der Waals surface area contributed by atoms with Gasteiger partial charge in [-0.1, -0.05) is 0 Å². The molecule has 1 saturated carbocycles. The van der Waals surface area contributed by atoms with Gasteiger partial charge in [-0.05, 0) is 31.6 Å². The molecule has 0 radical (unpaired) electrons. The molecule has 0 aliphatic heterocycles. The fourth-order valence-corrected chi connectivity index (χ4v) is 2.42. The first-order chi connectivity index (χ1) is 7.47. The van der Waals surface area contributed by atoms with Crippen molar-refractivity contribution in [2.24, 2.45) is 11.7 Å². The summed E-state index contributed by atoms with van der Waals surface area (Å²) in [4.78, 5) is 4.05. The molecule has 1 aliphatic rings. The maximum absolute atomic E-state index is 12.3. The normalized spacial score (nSPS) is 18.8. The minimum Gasteiger partial charge on any atom is -0.327 e. The average Bonchev–Trinajstić information content (AvgIpc) is 2.92. The van der Waals surface area contributed by atoms with Crippen molar-refractivity contribution in [2.45, 2.75) is 37.9 Å². The lowest BCUT2D eigenvalue weighted by molar-refractivity contribution is -0.137. The third-order valence-corrected chi connectivity index (χ3v) is 3.85. The highest BCUT2D eigenvalue weighted by molar-refractivity contribution is 7.11. The van der Waals surface area contributed by atoms with Crippen molar-refractivity contribution in [1.82, 2.24) is 4.98 Å². The van der Waals surface area contributed by atoms with Gasteiger partial charge in [-0.25, -0.2) is 4.98 Å². The molecule has 1 aromatic heterocycles. The molecule has 1 aliphatic carbocycles. The zero-order valence-electron chi connectivity index (χ0n) is 8.63. The fraction of sp³-hybridized carbons (Fsp3) is 0.700. The Bertz CT molecular complexity index is 357. The predicted molar refractivity (Wildman–Crippen MR) is 56.1 cm³/mol. The van der Waals surface area contributed by atoms with Crippen LogP contribution >= 0.6 is 11.3 Å². The second-order valence-electron chi connectivity index (χ2n) is 4.17. The summed E-state index contributed by atoms with van der Waals surface area (Å²) in [6.07, 6.45) is 0.680. The monoisotopic (exact) mass is 250 g/mol. The van der Waals surface area contributed by atoms with Gasteiger partial charge in [-0.3, -0.25) is 0 Å². The van der Waals surface area contributed by atoms with Gasteiger partial charge in [0, 0.05) is 17.1 Å². The Morgan fingerprint density at radius 1 is 1.50 bits per heavy atom. The fourth-order valence-electron chi connectivity index (χ4n) is 1.62. The molecule has 2 nitrogen and oxygen atoms in total. The topological polar surface area (TPSA) is 38.9 Å². The summed E-state index contributed by atoms with van der Waals surface area (Å²) in [6, 6.07) is 0.136. The summed E-state index contributed by atoms with van der Waals surface area (Å²) in [5, 5.41) is -0.762. The van der Waals surface area contributed by atoms with Crippen LogP contribution in [0.5, 0.6) is 0 Å². The summed E-state index contributed by atoms with van der Waals surface area (Å²) in [5.41, 5.74) is 5.88. The molecule has 2 N–H and O–H groups in total. The van der Waals surface area contributed by atoms with Crippen LogP contribution in [0, 0.1) is 5.92 Å². The molecule has 0 saturated heterocycles. The quantitative estimate of drug-likeness (QED) is 0.892. The van der Waals surface area contributed by atoms with Crippen LogP contribution < -0.4 is 5.73 Å². The number of aryl methyl sites for hydroxylation is 1. The second kappa shape index (κ2) is 4.33. The molecule has 1 fully saturated rings. The summed E-state index contributed by atoms with van der Waals surface area (Å²) in [6.45, 7) is 0. The Kier molecular flexibility index (Phi) is 3.21. The maximum atomic E-state index is 12.3. The van der Waals surface area contributed by atoms with Crippen molar-refractivity contribution in [3.05, 3.63) is 16.1 Å². The van der Waals surface area contributed by atoms with Gasteiger partial charge >= 0.3 is 6.18 Å². The van der Waals surface area contributed by atoms with E-state index in [1.54, 1.807) is 0 Å². The van der Waals surface area contributed by atoms with Gasteiger partial charge in [-0.15, -0.1) is 11.3 Å². The van der Waals surface area contributed by atoms with Gasteiger partial charge in [0.1, 0.15) is 0 Å². The lowest BCUT2D eigenvalue weighted by Gasteiger charge is -2.07. The third-order valence-electron chi connectivity index (χ3n) is 2.75. The van der Waals surface area contributed by atoms with Crippen LogP contribution in [0.2, 0.25) is 0 Å². The molecule has 1 aromatic rings. The zero-order chi connectivity index (χ0) is 11.8. The summed E-state index contributed by atoms with van der Waals surface area (Å²) in [5.74, 6) is 0.593. The van der Waals surface area contributed by atoms with E-state index in [-0.39, 0.29) is 6.04 Å². The molecule has 1 atom stereocenters. The van der Waals surface area contributed by atoms with E-state index in [4.69, 9.17) is 5.73 Å². The van der Waals surface area contributed by atoms with Gasteiger partial charge in [-0.2, -0.15) is 13.2 Å². The Morgan fingerprint density at radius 2 is 2.19 bits per heavy atom. The average molecular weight is 250 g/mol. The number of nitrogens with zero attached hydrogens (tertiary/aromatic N) is 1. The Labute approximate surface area is 95.7 Å². The van der Waals surface area contributed by atoms with Crippen LogP contribution in [0.4, 0.5) is 13.2 Å². The smallest absolute Gasteiger partial charge is 0.327 e. The van der Waals surface area contributed by atoms with Crippen LogP contribution in [0.25, 0.3) is 0 Å². The number of aromatic nitrogens is 1. The number of nitrogens with two attached hydrogens (primary N) is 1. The van der Waals surface area contributed by atoms with E-state index in [1.165, 1.54) is 6.20 Å². The molecule has 1 unspecified atom stereocenters. The lowest BCUT2D eigenvalue weighted by atomic mass is 10.1. The predicted octanol–water partition coefficient (Wildman–Crippen LogP) is 2.83.